The summed E-state index contributed by atoms with van der Waals surface area (Å²) in [6.07, 6.45) is 0. The second-order valence-electron chi connectivity index (χ2n) is 15.2. The first-order valence-corrected chi connectivity index (χ1v) is 22.1. The predicted molar refractivity (Wildman–Crippen MR) is 249 cm³/mol. The van der Waals surface area contributed by atoms with Crippen LogP contribution in [0.5, 0.6) is 0 Å². The third kappa shape index (κ3) is 6.44. The van der Waals surface area contributed by atoms with Gasteiger partial charge in [0, 0.05) is 33.5 Å². The highest BCUT2D eigenvalue weighted by Crippen LogP contribution is 2.40. The minimum absolute atomic E-state index is 0.244. The van der Waals surface area contributed by atoms with Crippen molar-refractivity contribution in [2.45, 2.75) is 6.92 Å². The lowest BCUT2D eigenvalue weighted by Crippen LogP contribution is -2.74. The zero-order valence-corrected chi connectivity index (χ0v) is 33.7. The molecule has 0 radical (unpaired) electrons. The van der Waals surface area contributed by atoms with E-state index in [1.807, 2.05) is 12.1 Å². The summed E-state index contributed by atoms with van der Waals surface area (Å²) < 4.78 is 16.2. The third-order valence-electron chi connectivity index (χ3n) is 11.7. The van der Waals surface area contributed by atoms with Crippen molar-refractivity contribution >= 4 is 67.7 Å². The molecule has 9 aromatic carbocycles. The molecule has 0 aliphatic heterocycles. The Hall–Kier alpha value is -7.27. The van der Waals surface area contributed by atoms with E-state index in [1.165, 1.54) is 44.0 Å². The molecule has 0 bridgehead atoms. The second kappa shape index (κ2) is 15.2. The molecule has 1 heterocycles. The Balaban J connectivity index is 1.05. The fourth-order valence-corrected chi connectivity index (χ4v) is 13.6. The van der Waals surface area contributed by atoms with E-state index in [0.29, 0.717) is 0 Å². The summed E-state index contributed by atoms with van der Waals surface area (Å²) in [5.74, 6) is -0.244. The third-order valence-corrected chi connectivity index (χ3v) is 16.5. The van der Waals surface area contributed by atoms with E-state index in [0.717, 1.165) is 50.1 Å². The van der Waals surface area contributed by atoms with E-state index in [9.17, 15) is 4.39 Å². The van der Waals surface area contributed by atoms with E-state index in [1.54, 1.807) is 0 Å². The van der Waals surface area contributed by atoms with Crippen LogP contribution in [-0.4, -0.2) is 12.6 Å². The highest BCUT2D eigenvalue weighted by atomic mass is 28.3. The van der Waals surface area contributed by atoms with Gasteiger partial charge in [-0.2, -0.15) is 0 Å². The maximum Gasteiger partial charge on any atom is 0.179 e. The van der Waals surface area contributed by atoms with Gasteiger partial charge in [0.15, 0.2) is 8.07 Å². The van der Waals surface area contributed by atoms with Crippen molar-refractivity contribution in [3.63, 3.8) is 0 Å². The van der Waals surface area contributed by atoms with Crippen molar-refractivity contribution in [1.29, 1.82) is 0 Å². The molecule has 0 saturated heterocycles. The van der Waals surface area contributed by atoms with Crippen LogP contribution in [0.2, 0.25) is 0 Å². The lowest BCUT2D eigenvalue weighted by atomic mass is 10.0. The molecule has 0 amide bonds. The molecule has 10 rings (SSSR count). The summed E-state index contributed by atoms with van der Waals surface area (Å²) in [6.45, 7) is 2.12. The van der Waals surface area contributed by atoms with Gasteiger partial charge in [-0.3, -0.25) is 0 Å². The molecule has 59 heavy (non-hydrogen) atoms. The Morgan fingerprint density at radius 1 is 0.390 bits per heavy atom. The minimum atomic E-state index is -2.61. The molecule has 0 aliphatic carbocycles. The number of benzene rings is 9. The quantitative estimate of drug-likeness (QED) is 0.105. The summed E-state index contributed by atoms with van der Waals surface area (Å²) >= 11 is 0. The van der Waals surface area contributed by atoms with E-state index in [2.05, 4.69) is 223 Å². The molecule has 0 unspecified atom stereocenters. The lowest BCUT2D eigenvalue weighted by Gasteiger charge is -2.34. The number of anilines is 3. The fraction of sp³-hybridized carbons (Fsp3) is 0.0182. The van der Waals surface area contributed by atoms with Gasteiger partial charge in [-0.05, 0) is 112 Å². The average Bonchev–Trinajstić information content (AvgIpc) is 3.63. The smallest absolute Gasteiger partial charge is 0.179 e. The Morgan fingerprint density at radius 2 is 0.831 bits per heavy atom. The van der Waals surface area contributed by atoms with Crippen LogP contribution in [0, 0.1) is 12.7 Å². The number of halogens is 1. The van der Waals surface area contributed by atoms with Gasteiger partial charge in [0.1, 0.15) is 5.82 Å². The molecular weight excluding hydrogens is 736 g/mol. The number of nitrogens with zero attached hydrogens (tertiary/aromatic N) is 2. The van der Waals surface area contributed by atoms with Crippen molar-refractivity contribution < 1.29 is 4.39 Å². The van der Waals surface area contributed by atoms with Crippen molar-refractivity contribution in [3.8, 4) is 16.8 Å². The second-order valence-corrected chi connectivity index (χ2v) is 19.0. The molecule has 0 saturated carbocycles. The highest BCUT2D eigenvalue weighted by molar-refractivity contribution is 7.19. The molecule has 0 spiro atoms. The van der Waals surface area contributed by atoms with E-state index in [4.69, 9.17) is 0 Å². The highest BCUT2D eigenvalue weighted by Gasteiger charge is 2.41. The Kier molecular flexibility index (Phi) is 9.32. The van der Waals surface area contributed by atoms with Crippen LogP contribution in [-0.2, 0) is 0 Å². The van der Waals surface area contributed by atoms with Crippen molar-refractivity contribution in [3.05, 3.63) is 242 Å². The maximum absolute atomic E-state index is 14.0. The van der Waals surface area contributed by atoms with Crippen LogP contribution in [0.15, 0.2) is 231 Å². The predicted octanol–water partition coefficient (Wildman–Crippen LogP) is 11.7. The number of hydrogen-bond donors (Lipinski definition) is 0. The Labute approximate surface area is 345 Å². The molecule has 10 aromatic rings. The van der Waals surface area contributed by atoms with E-state index in [-0.39, 0.29) is 5.82 Å². The molecule has 0 aliphatic rings. The monoisotopic (exact) mass is 776 g/mol. The summed E-state index contributed by atoms with van der Waals surface area (Å²) in [4.78, 5) is 2.33. The topological polar surface area (TPSA) is 8.17 Å². The maximum atomic E-state index is 14.0. The van der Waals surface area contributed by atoms with Gasteiger partial charge in [-0.1, -0.05) is 163 Å². The molecular formula is C55H41FN2Si. The standard InChI is InChI=1S/C55H41FN2Si/c1-40-21-29-44(30-22-40)57(47-35-38-55-53(39-47)52-19-11-12-20-54(52)58(55)46-33-27-43(56)28-34-46)45-31-23-41(24-32-45)42-25-36-51(37-26-42)59(48-13-5-2-6-14-48,49-15-7-3-8-16-49)50-17-9-4-10-18-50/h2-39H,1H3. The van der Waals surface area contributed by atoms with Gasteiger partial charge in [-0.25, -0.2) is 4.39 Å². The normalized spacial score (nSPS) is 11.6. The minimum Gasteiger partial charge on any atom is -0.310 e. The summed E-state index contributed by atoms with van der Waals surface area (Å²) in [5.41, 5.74) is 9.84. The van der Waals surface area contributed by atoms with Gasteiger partial charge in [-0.15, -0.1) is 0 Å². The fourth-order valence-electron chi connectivity index (χ4n) is 8.89. The van der Waals surface area contributed by atoms with Crippen LogP contribution in [0.4, 0.5) is 21.5 Å². The molecule has 4 heteroatoms. The van der Waals surface area contributed by atoms with Crippen LogP contribution >= 0.6 is 0 Å². The van der Waals surface area contributed by atoms with Crippen LogP contribution < -0.4 is 25.6 Å². The van der Waals surface area contributed by atoms with E-state index < -0.39 is 8.07 Å². The molecule has 0 atom stereocenters. The molecule has 2 nitrogen and oxygen atoms in total. The Morgan fingerprint density at radius 3 is 1.39 bits per heavy atom. The van der Waals surface area contributed by atoms with Crippen LogP contribution in [0.3, 0.4) is 0 Å². The molecule has 0 fully saturated rings. The van der Waals surface area contributed by atoms with Crippen molar-refractivity contribution in [2.24, 2.45) is 0 Å². The molecule has 1 aromatic heterocycles. The first kappa shape index (κ1) is 36.1. The summed E-state index contributed by atoms with van der Waals surface area (Å²) in [5, 5.41) is 7.73. The van der Waals surface area contributed by atoms with Crippen molar-refractivity contribution in [1.82, 2.24) is 4.57 Å². The first-order chi connectivity index (χ1) is 29.1. The van der Waals surface area contributed by atoms with Crippen LogP contribution in [0.1, 0.15) is 5.56 Å². The number of para-hydroxylation sites is 1. The lowest BCUT2D eigenvalue weighted by molar-refractivity contribution is 0.627. The van der Waals surface area contributed by atoms with Gasteiger partial charge < -0.3 is 9.47 Å². The Bertz CT molecular complexity index is 2920. The zero-order valence-electron chi connectivity index (χ0n) is 32.7. The number of rotatable bonds is 9. The number of hydrogen-bond acceptors (Lipinski definition) is 1. The molecule has 0 N–H and O–H groups in total. The zero-order chi connectivity index (χ0) is 39.8. The average molecular weight is 777 g/mol. The van der Waals surface area contributed by atoms with Gasteiger partial charge in [0.25, 0.3) is 0 Å². The SMILES string of the molecule is Cc1ccc(N(c2ccc(-c3ccc([Si](c4ccccc4)(c4ccccc4)c4ccccc4)cc3)cc2)c2ccc3c(c2)c2ccccc2n3-c2ccc(F)cc2)cc1. The van der Waals surface area contributed by atoms with E-state index >= 15 is 0 Å². The van der Waals surface area contributed by atoms with Gasteiger partial charge >= 0.3 is 0 Å². The molecule has 282 valence electrons. The number of aryl methyl sites for hydroxylation is 1. The number of aromatic nitrogens is 1. The summed E-state index contributed by atoms with van der Waals surface area (Å²) in [6, 6.07) is 82.0. The van der Waals surface area contributed by atoms with Gasteiger partial charge in [0.05, 0.1) is 11.0 Å². The number of fused-ring (bicyclic) bond motifs is 3. The van der Waals surface area contributed by atoms with Crippen LogP contribution in [0.25, 0.3) is 38.6 Å². The largest absolute Gasteiger partial charge is 0.310 e. The van der Waals surface area contributed by atoms with Gasteiger partial charge in [0.2, 0.25) is 0 Å². The summed E-state index contributed by atoms with van der Waals surface area (Å²) in [7, 11) is -2.61. The van der Waals surface area contributed by atoms with Crippen molar-refractivity contribution in [2.75, 3.05) is 4.90 Å². The first-order valence-electron chi connectivity index (χ1n) is 20.1.